The van der Waals surface area contributed by atoms with E-state index in [1.807, 2.05) is 0 Å². The molecule has 0 aromatic rings. The third kappa shape index (κ3) is 2.85. The maximum atomic E-state index is 12.6. The summed E-state index contributed by atoms with van der Waals surface area (Å²) in [4.78, 5) is 12.6. The van der Waals surface area contributed by atoms with Crippen molar-refractivity contribution in [2.45, 2.75) is 91.3 Å². The van der Waals surface area contributed by atoms with Crippen LogP contribution in [0, 0.1) is 39.9 Å². The van der Waals surface area contributed by atoms with Crippen molar-refractivity contribution in [3.8, 4) is 0 Å². The molecule has 0 aromatic carbocycles. The highest BCUT2D eigenvalue weighted by molar-refractivity contribution is 5.90. The van der Waals surface area contributed by atoms with Crippen LogP contribution in [0.25, 0.3) is 0 Å². The van der Waals surface area contributed by atoms with Gasteiger partial charge in [-0.25, -0.2) is 0 Å². The van der Waals surface area contributed by atoms with Gasteiger partial charge in [-0.05, 0) is 91.8 Å². The summed E-state index contributed by atoms with van der Waals surface area (Å²) >= 11 is 0. The Labute approximate surface area is 175 Å². The average Bonchev–Trinajstić information content (AvgIpc) is 3.25. The number of carbonyl (C=O) groups excluding carboxylic acids is 1. The first-order valence-corrected chi connectivity index (χ1v) is 11.7. The Hall–Kier alpha value is -0.710. The zero-order chi connectivity index (χ0) is 21.4. The lowest BCUT2D eigenvalue weighted by Gasteiger charge is -2.54. The summed E-state index contributed by atoms with van der Waals surface area (Å²) in [6, 6.07) is 0. The molecule has 164 valence electrons. The molecule has 4 aliphatic rings. The van der Waals surface area contributed by atoms with E-state index in [4.69, 9.17) is 0 Å². The van der Waals surface area contributed by atoms with Crippen molar-refractivity contribution in [1.29, 1.82) is 0 Å². The highest BCUT2D eigenvalue weighted by atomic mass is 16.3. The number of Topliss-reactive ketones (excluding diaryl/α,β-unsaturated/α-hetero) is 1. The van der Waals surface area contributed by atoms with E-state index in [9.17, 15) is 20.1 Å². The Bertz CT molecular complexity index is 726. The third-order valence-corrected chi connectivity index (χ3v) is 9.90. The molecule has 0 aliphatic heterocycles. The Balaban J connectivity index is 1.70. The van der Waals surface area contributed by atoms with Crippen LogP contribution in [-0.2, 0) is 4.79 Å². The van der Waals surface area contributed by atoms with Gasteiger partial charge in [0.25, 0.3) is 0 Å². The van der Waals surface area contributed by atoms with Gasteiger partial charge in [-0.15, -0.1) is 0 Å². The second-order valence-electron chi connectivity index (χ2n) is 11.8. The number of carbonyl (C=O) groups is 1. The molecule has 3 N–H and O–H groups in total. The molecule has 4 heteroatoms. The summed E-state index contributed by atoms with van der Waals surface area (Å²) in [5, 5.41) is 30.3. The molecule has 29 heavy (non-hydrogen) atoms. The molecule has 0 heterocycles. The van der Waals surface area contributed by atoms with Crippen molar-refractivity contribution in [3.05, 3.63) is 11.6 Å². The van der Waals surface area contributed by atoms with Gasteiger partial charge < -0.3 is 15.3 Å². The fourth-order valence-electron chi connectivity index (χ4n) is 8.52. The second kappa shape index (κ2) is 6.64. The predicted octanol–water partition coefficient (Wildman–Crippen LogP) is 3.87. The smallest absolute Gasteiger partial charge is 0.194 e. The van der Waals surface area contributed by atoms with Crippen molar-refractivity contribution >= 4 is 5.78 Å². The zero-order valence-electron chi connectivity index (χ0n) is 18.9. The minimum absolute atomic E-state index is 0.128. The Morgan fingerprint density at radius 2 is 1.90 bits per heavy atom. The van der Waals surface area contributed by atoms with E-state index in [0.29, 0.717) is 35.5 Å². The lowest BCUT2D eigenvalue weighted by Crippen LogP contribution is -2.51. The molecule has 3 fully saturated rings. The SMILES string of the molecule is C[C@H]1CCC23C1=C[C@@]1(C)CC[C@](C)(CC(O)C(=O)C(C)(O)CO)[C@H]1[C@@H]2CC[C@@H]3C. The van der Waals surface area contributed by atoms with Crippen molar-refractivity contribution < 1.29 is 20.1 Å². The van der Waals surface area contributed by atoms with Crippen LogP contribution in [0.4, 0.5) is 0 Å². The molecule has 0 aromatic heterocycles. The summed E-state index contributed by atoms with van der Waals surface area (Å²) in [5.41, 5.74) is 0.159. The van der Waals surface area contributed by atoms with E-state index in [-0.39, 0.29) is 10.8 Å². The molecule has 3 saturated carbocycles. The van der Waals surface area contributed by atoms with Crippen LogP contribution in [0.1, 0.15) is 79.6 Å². The van der Waals surface area contributed by atoms with Crippen LogP contribution in [0.5, 0.6) is 0 Å². The Morgan fingerprint density at radius 1 is 1.21 bits per heavy atom. The highest BCUT2D eigenvalue weighted by Gasteiger charge is 2.67. The Kier molecular flexibility index (Phi) is 4.93. The standard InChI is InChI=1S/C25H40O4/c1-15-8-9-25-16(2)6-7-17(25)20-22(3,12-18(15)25)10-11-23(20,4)13-19(27)21(28)24(5,29)14-26/h12,15-17,19-20,26-27,29H,6-11,13-14H2,1-5H3/t15-,16-,17-,19?,20-,22+,23+,24?,25?/m0/s1. The van der Waals surface area contributed by atoms with Crippen LogP contribution in [0.15, 0.2) is 11.6 Å². The largest absolute Gasteiger partial charge is 0.393 e. The van der Waals surface area contributed by atoms with Gasteiger partial charge in [-0.3, -0.25) is 4.79 Å². The normalized spacial score (nSPS) is 49.0. The third-order valence-electron chi connectivity index (χ3n) is 9.90. The minimum Gasteiger partial charge on any atom is -0.393 e. The molecule has 0 bridgehead atoms. The minimum atomic E-state index is -1.87. The van der Waals surface area contributed by atoms with Gasteiger partial charge in [0.2, 0.25) is 0 Å². The number of hydrogen-bond acceptors (Lipinski definition) is 4. The fraction of sp³-hybridized carbons (Fsp3) is 0.880. The molecule has 3 unspecified atom stereocenters. The molecule has 0 amide bonds. The van der Waals surface area contributed by atoms with E-state index in [1.165, 1.54) is 32.6 Å². The summed E-state index contributed by atoms with van der Waals surface area (Å²) in [6.45, 7) is 10.2. The quantitative estimate of drug-likeness (QED) is 0.608. The first-order valence-electron chi connectivity index (χ1n) is 11.7. The first-order chi connectivity index (χ1) is 13.4. The van der Waals surface area contributed by atoms with Crippen LogP contribution in [0.2, 0.25) is 0 Å². The topological polar surface area (TPSA) is 77.8 Å². The fourth-order valence-corrected chi connectivity index (χ4v) is 8.52. The van der Waals surface area contributed by atoms with Crippen molar-refractivity contribution in [3.63, 3.8) is 0 Å². The van der Waals surface area contributed by atoms with Gasteiger partial charge >= 0.3 is 0 Å². The van der Waals surface area contributed by atoms with Crippen molar-refractivity contribution in [2.75, 3.05) is 6.61 Å². The maximum Gasteiger partial charge on any atom is 0.194 e. The van der Waals surface area contributed by atoms with E-state index >= 15 is 0 Å². The molecule has 4 nitrogen and oxygen atoms in total. The second-order valence-corrected chi connectivity index (χ2v) is 11.8. The van der Waals surface area contributed by atoms with Gasteiger partial charge in [0, 0.05) is 0 Å². The summed E-state index contributed by atoms with van der Waals surface area (Å²) in [7, 11) is 0. The highest BCUT2D eigenvalue weighted by Crippen LogP contribution is 2.74. The first kappa shape index (κ1) is 21.5. The molecule has 4 rings (SSSR count). The Morgan fingerprint density at radius 3 is 2.55 bits per heavy atom. The molecule has 1 spiro atoms. The number of hydrogen-bond donors (Lipinski definition) is 3. The molecule has 4 aliphatic carbocycles. The van der Waals surface area contributed by atoms with E-state index in [2.05, 4.69) is 33.8 Å². The van der Waals surface area contributed by atoms with E-state index < -0.39 is 24.1 Å². The summed E-state index contributed by atoms with van der Waals surface area (Å²) in [5.74, 6) is 1.82. The van der Waals surface area contributed by atoms with Crippen molar-refractivity contribution in [1.82, 2.24) is 0 Å². The molecule has 0 radical (unpaired) electrons. The average molecular weight is 405 g/mol. The number of fused-ring (bicyclic) bond motifs is 2. The van der Waals surface area contributed by atoms with E-state index in [0.717, 1.165) is 12.8 Å². The van der Waals surface area contributed by atoms with Gasteiger partial charge in [-0.2, -0.15) is 0 Å². The lowest BCUT2D eigenvalue weighted by atomic mass is 9.50. The van der Waals surface area contributed by atoms with Gasteiger partial charge in [0.05, 0.1) is 6.61 Å². The molecule has 0 saturated heterocycles. The van der Waals surface area contributed by atoms with Gasteiger partial charge in [0.15, 0.2) is 5.78 Å². The van der Waals surface area contributed by atoms with Crippen molar-refractivity contribution in [2.24, 2.45) is 39.9 Å². The molecular weight excluding hydrogens is 364 g/mol. The predicted molar refractivity (Wildman–Crippen MR) is 113 cm³/mol. The van der Waals surface area contributed by atoms with Gasteiger partial charge in [-0.1, -0.05) is 39.3 Å². The monoisotopic (exact) mass is 404 g/mol. The summed E-state index contributed by atoms with van der Waals surface area (Å²) in [6.07, 6.45) is 8.98. The lowest BCUT2D eigenvalue weighted by molar-refractivity contribution is -0.151. The van der Waals surface area contributed by atoms with Crippen LogP contribution >= 0.6 is 0 Å². The number of allylic oxidation sites excluding steroid dienone is 2. The summed E-state index contributed by atoms with van der Waals surface area (Å²) < 4.78 is 0. The number of ketones is 1. The van der Waals surface area contributed by atoms with Crippen LogP contribution in [-0.4, -0.2) is 39.4 Å². The number of rotatable bonds is 5. The maximum absolute atomic E-state index is 12.6. The molecular formula is C25H40O4. The van der Waals surface area contributed by atoms with Crippen LogP contribution in [0.3, 0.4) is 0 Å². The van der Waals surface area contributed by atoms with Crippen LogP contribution < -0.4 is 0 Å². The van der Waals surface area contributed by atoms with E-state index in [1.54, 1.807) is 5.57 Å². The zero-order valence-corrected chi connectivity index (χ0v) is 18.9. The number of aliphatic hydroxyl groups is 3. The molecule has 9 atom stereocenters. The number of aliphatic hydroxyl groups excluding tert-OH is 2. The van der Waals surface area contributed by atoms with Gasteiger partial charge in [0.1, 0.15) is 11.7 Å².